The Kier molecular flexibility index (Phi) is 30.3. The fraction of sp³-hybridized carbons (Fsp3) is 0.308. The molecule has 0 unspecified atom stereocenters. The minimum atomic E-state index is 0. The average molecular weight is 285 g/mol. The van der Waals surface area contributed by atoms with Crippen LogP contribution in [0.15, 0.2) is 30.3 Å². The van der Waals surface area contributed by atoms with Crippen LogP contribution in [-0.2, 0) is 31.3 Å². The van der Waals surface area contributed by atoms with Crippen LogP contribution in [0.5, 0.6) is 0 Å². The summed E-state index contributed by atoms with van der Waals surface area (Å²) in [4.78, 5) is 2.20. The molecular weight excluding hydrogens is 270 g/mol. The van der Waals surface area contributed by atoms with E-state index in [1.165, 1.54) is 5.56 Å². The van der Waals surface area contributed by atoms with E-state index in [1.54, 1.807) is 0 Å². The zero-order valence-corrected chi connectivity index (χ0v) is 11.8. The monoisotopic (exact) mass is 285 g/mol. The van der Waals surface area contributed by atoms with Gasteiger partial charge < -0.3 is 4.90 Å². The van der Waals surface area contributed by atoms with Gasteiger partial charge in [0.05, 0.1) is 0 Å². The molecule has 0 aliphatic heterocycles. The molecule has 0 aromatic heterocycles. The minimum Gasteiger partial charge on any atom is 0 e. The molecule has 1 aromatic rings. The van der Waals surface area contributed by atoms with E-state index in [1.807, 2.05) is 6.07 Å². The summed E-state index contributed by atoms with van der Waals surface area (Å²) >= 11 is 0. The van der Waals surface area contributed by atoms with Gasteiger partial charge in [-0.25, -0.2) is 0 Å². The van der Waals surface area contributed by atoms with Crippen LogP contribution in [0.25, 0.3) is 0 Å². The number of rotatable bonds is 2. The summed E-state index contributed by atoms with van der Waals surface area (Å²) in [5.74, 6) is 0. The molecule has 0 N–H and O–H groups in total. The molecule has 1 rings (SSSR count). The van der Waals surface area contributed by atoms with E-state index in [2.05, 4.69) is 70.1 Å². The fourth-order valence-electron chi connectivity index (χ4n) is 1.03. The molecule has 0 aliphatic rings. The quantitative estimate of drug-likeness (QED) is 0.607. The molecule has 0 fully saturated rings. The van der Waals surface area contributed by atoms with E-state index >= 15 is 0 Å². The summed E-state index contributed by atoms with van der Waals surface area (Å²) in [5.41, 5.74) is 1.37. The van der Waals surface area contributed by atoms with Crippen molar-refractivity contribution in [3.05, 3.63) is 55.8 Å². The Morgan fingerprint density at radius 3 is 1.50 bits per heavy atom. The van der Waals surface area contributed by atoms with Gasteiger partial charge in [-0.05, 0) is 26.6 Å². The maximum absolute atomic E-state index is 7.50. The predicted octanol–water partition coefficient (Wildman–Crippen LogP) is 2.19. The van der Waals surface area contributed by atoms with Gasteiger partial charge in [0.2, 0.25) is 0 Å². The maximum Gasteiger partial charge on any atom is 0 e. The van der Waals surface area contributed by atoms with E-state index in [-0.39, 0.29) is 17.4 Å². The van der Waals surface area contributed by atoms with Gasteiger partial charge in [-0.2, -0.15) is 0 Å². The smallest absolute Gasteiger partial charge is 0 e. The zero-order valence-electron chi connectivity index (χ0n) is 10.5. The van der Waals surface area contributed by atoms with Crippen LogP contribution < -0.4 is 0 Å². The van der Waals surface area contributed by atoms with E-state index in [9.17, 15) is 0 Å². The third-order valence-electron chi connectivity index (χ3n) is 2.06. The molecule has 0 saturated carbocycles. The van der Waals surface area contributed by atoms with Crippen molar-refractivity contribution in [3.8, 4) is 0 Å². The van der Waals surface area contributed by atoms with E-state index < -0.39 is 0 Å². The van der Waals surface area contributed by atoms with Crippen LogP contribution in [0.3, 0.4) is 0 Å². The van der Waals surface area contributed by atoms with Gasteiger partial charge >= 0.3 is 33.9 Å². The molecule has 0 bridgehead atoms. The Morgan fingerprint density at radius 1 is 0.889 bits per heavy atom. The van der Waals surface area contributed by atoms with Crippen LogP contribution in [0, 0.1) is 20.0 Å². The largest absolute Gasteiger partial charge is 0 e. The van der Waals surface area contributed by atoms with Gasteiger partial charge in [-0.15, -0.1) is 0 Å². The number of hydrogen-bond donors (Lipinski definition) is 0. The van der Waals surface area contributed by atoms with Crippen molar-refractivity contribution in [2.75, 3.05) is 14.1 Å². The van der Waals surface area contributed by atoms with Gasteiger partial charge in [0.1, 0.15) is 0 Å². The summed E-state index contributed by atoms with van der Waals surface area (Å²) in [6.07, 6.45) is 0. The second kappa shape index (κ2) is 21.2. The van der Waals surface area contributed by atoms with E-state index in [4.69, 9.17) is 14.0 Å². The normalized spacial score (nSPS) is 8.56. The fourth-order valence-corrected chi connectivity index (χ4v) is 1.03. The van der Waals surface area contributed by atoms with Gasteiger partial charge in [0.15, 0.2) is 0 Å². The summed E-state index contributed by atoms with van der Waals surface area (Å²) in [6.45, 7) is 15.7. The topological polar surface area (TPSA) is 62.9 Å². The van der Waals surface area contributed by atoms with Crippen molar-refractivity contribution in [1.29, 1.82) is 0 Å². The molecule has 0 spiro atoms. The molecule has 0 amide bonds. The molecule has 5 heteroatoms. The van der Waals surface area contributed by atoms with Crippen molar-refractivity contribution < 1.29 is 31.3 Å². The maximum atomic E-state index is 7.50. The van der Waals surface area contributed by atoms with E-state index in [0.29, 0.717) is 6.04 Å². The number of nitrogens with zero attached hydrogens (tertiary/aromatic N) is 1. The summed E-state index contributed by atoms with van der Waals surface area (Å²) in [7, 11) is 4.19. The third kappa shape index (κ3) is 13.0. The molecule has 1 aromatic carbocycles. The summed E-state index contributed by atoms with van der Waals surface area (Å²) in [6, 6.07) is 11.0. The van der Waals surface area contributed by atoms with Crippen LogP contribution in [0.1, 0.15) is 18.5 Å². The Labute approximate surface area is 119 Å². The molecule has 96 valence electrons. The average Bonchev–Trinajstić information content (AvgIpc) is 2.45. The van der Waals surface area contributed by atoms with Crippen molar-refractivity contribution >= 4 is 0 Å². The Morgan fingerprint density at radius 2 is 1.22 bits per heavy atom. The van der Waals surface area contributed by atoms with Crippen molar-refractivity contribution in [2.45, 2.75) is 13.0 Å². The molecule has 1 atom stereocenters. The Hall–Kier alpha value is -1.07. The molecule has 18 heavy (non-hydrogen) atoms. The van der Waals surface area contributed by atoms with Crippen LogP contribution >= 0.6 is 0 Å². The van der Waals surface area contributed by atoms with Gasteiger partial charge in [-0.3, -0.25) is 0 Å². The third-order valence-corrected chi connectivity index (χ3v) is 2.06. The van der Waals surface area contributed by atoms with Crippen LogP contribution in [0.2, 0.25) is 0 Å². The molecule has 0 aliphatic carbocycles. The molecular formula is C13H15CrNO3. The van der Waals surface area contributed by atoms with Crippen molar-refractivity contribution in [2.24, 2.45) is 0 Å². The predicted molar refractivity (Wildman–Crippen MR) is 60.3 cm³/mol. The van der Waals surface area contributed by atoms with Gasteiger partial charge in [0.25, 0.3) is 0 Å². The Bertz CT molecular complexity index is 306. The Balaban J connectivity index is -0.000000123. The zero-order chi connectivity index (χ0) is 14.3. The molecule has 0 radical (unpaired) electrons. The first-order valence-electron chi connectivity index (χ1n) is 4.54. The first-order valence-corrected chi connectivity index (χ1v) is 4.54. The SMILES string of the molecule is C[C@@H](c1ccccc1)N(C)C.[C-]#[O+].[C-]#[O+].[C-]#[O+].[Cr]. The van der Waals surface area contributed by atoms with E-state index in [0.717, 1.165) is 0 Å². The molecule has 0 saturated heterocycles. The minimum absolute atomic E-state index is 0. The van der Waals surface area contributed by atoms with Gasteiger partial charge in [-0.1, -0.05) is 30.3 Å². The first-order chi connectivity index (χ1) is 8.22. The summed E-state index contributed by atoms with van der Waals surface area (Å²) in [5, 5.41) is 0. The summed E-state index contributed by atoms with van der Waals surface area (Å²) < 4.78 is 22.5. The van der Waals surface area contributed by atoms with Crippen LogP contribution in [0.4, 0.5) is 0 Å². The van der Waals surface area contributed by atoms with Crippen LogP contribution in [-0.4, -0.2) is 19.0 Å². The van der Waals surface area contributed by atoms with Gasteiger partial charge in [0, 0.05) is 23.4 Å². The second-order valence-electron chi connectivity index (χ2n) is 3.05. The number of hydrogen-bond acceptors (Lipinski definition) is 1. The van der Waals surface area contributed by atoms with Crippen molar-refractivity contribution in [1.82, 2.24) is 4.90 Å². The molecule has 0 heterocycles. The second-order valence-corrected chi connectivity index (χ2v) is 3.05. The molecule has 4 nitrogen and oxygen atoms in total. The standard InChI is InChI=1S/C10H15N.3CO.Cr/c1-9(11(2)3)10-7-5-4-6-8-10;3*1-2;/h4-9H,1-3H3;;;;/t9-;;;;/m0..../s1. The van der Waals surface area contributed by atoms with Crippen molar-refractivity contribution in [3.63, 3.8) is 0 Å². The number of benzene rings is 1. The first kappa shape index (κ1) is 25.7.